The Hall–Kier alpha value is -0.400. The summed E-state index contributed by atoms with van der Waals surface area (Å²) in [5, 5.41) is 0. The Morgan fingerprint density at radius 1 is 0.929 bits per heavy atom. The molecule has 0 radical (unpaired) electrons. The van der Waals surface area contributed by atoms with E-state index in [-0.39, 0.29) is 0 Å². The van der Waals surface area contributed by atoms with E-state index in [1.807, 2.05) is 0 Å². The minimum absolute atomic E-state index is 2.36. The number of hydrogen-bond donors (Lipinski definition) is 0. The lowest BCUT2D eigenvalue weighted by atomic mass is 10.7. The molecule has 0 aromatic carbocycles. The van der Waals surface area contributed by atoms with E-state index in [2.05, 4.69) is 9.05 Å². The molecule has 0 fully saturated rings. The van der Waals surface area contributed by atoms with E-state index in [0.717, 1.165) is 0 Å². The molecule has 0 aromatic heterocycles. The predicted octanol–water partition coefficient (Wildman–Crippen LogP) is 2.80. The monoisotopic (exact) mass is 245 g/mol. The van der Waals surface area contributed by atoms with Gasteiger partial charge in [0.2, 0.25) is 0 Å². The summed E-state index contributed by atoms with van der Waals surface area (Å²) in [5.41, 5.74) is 0. The molecule has 0 saturated heterocycles. The van der Waals surface area contributed by atoms with Crippen molar-refractivity contribution in [2.45, 2.75) is 12.2 Å². The highest BCUT2D eigenvalue weighted by Crippen LogP contribution is 2.39. The topological polar surface area (TPSA) is 35.5 Å². The molecular formula is C4H4F6O3P+. The average molecular weight is 245 g/mol. The van der Waals surface area contributed by atoms with Crippen molar-refractivity contribution >= 4 is 8.25 Å². The van der Waals surface area contributed by atoms with Crippen LogP contribution in [0.1, 0.15) is 0 Å². The molecule has 0 N–H and O–H groups in total. The van der Waals surface area contributed by atoms with Gasteiger partial charge in [-0.2, -0.15) is 17.6 Å². The summed E-state index contributed by atoms with van der Waals surface area (Å²) >= 11 is 0. The molecule has 0 atom stereocenters. The van der Waals surface area contributed by atoms with Gasteiger partial charge in [0.05, 0.1) is 0 Å². The number of halogens is 6. The average Bonchev–Trinajstić information content (AvgIpc) is 2.02. The Balaban J connectivity index is 4.12. The van der Waals surface area contributed by atoms with Crippen molar-refractivity contribution < 1.29 is 40.0 Å². The second-order valence-corrected chi connectivity index (χ2v) is 2.76. The van der Waals surface area contributed by atoms with Crippen LogP contribution < -0.4 is 0 Å². The molecule has 0 aliphatic carbocycles. The molecule has 0 aliphatic heterocycles. The first-order valence-electron chi connectivity index (χ1n) is 2.95. The number of hydrogen-bond acceptors (Lipinski definition) is 3. The summed E-state index contributed by atoms with van der Waals surface area (Å²) in [6, 6.07) is 0. The van der Waals surface area contributed by atoms with Gasteiger partial charge in [-0.25, -0.2) is 8.78 Å². The zero-order valence-electron chi connectivity index (χ0n) is 6.35. The molecule has 0 unspecified atom stereocenters. The Bertz CT molecular complexity index is 189. The van der Waals surface area contributed by atoms with Crippen LogP contribution in [0.5, 0.6) is 0 Å². The zero-order valence-corrected chi connectivity index (χ0v) is 7.25. The summed E-state index contributed by atoms with van der Waals surface area (Å²) < 4.78 is 86.3. The fourth-order valence-electron chi connectivity index (χ4n) is 0.286. The van der Waals surface area contributed by atoms with Gasteiger partial charge in [0.15, 0.2) is 13.3 Å². The van der Waals surface area contributed by atoms with Crippen molar-refractivity contribution in [3.8, 4) is 0 Å². The van der Waals surface area contributed by atoms with Gasteiger partial charge in [0.1, 0.15) is 0 Å². The Morgan fingerprint density at radius 3 is 1.43 bits per heavy atom. The Kier molecular flexibility index (Phi) is 4.76. The van der Waals surface area contributed by atoms with Crippen LogP contribution in [0, 0.1) is 0 Å². The largest absolute Gasteiger partial charge is 0.710 e. The summed E-state index contributed by atoms with van der Waals surface area (Å²) in [7, 11) is -4.00. The zero-order chi connectivity index (χ0) is 11.4. The molecule has 0 saturated carbocycles. The van der Waals surface area contributed by atoms with Gasteiger partial charge in [0, 0.05) is 4.57 Å². The lowest BCUT2D eigenvalue weighted by Gasteiger charge is -2.05. The molecule has 0 spiro atoms. The third-order valence-corrected chi connectivity index (χ3v) is 1.56. The summed E-state index contributed by atoms with van der Waals surface area (Å²) in [6.07, 6.45) is -9.00. The van der Waals surface area contributed by atoms with E-state index in [1.165, 1.54) is 0 Å². The number of alkyl halides is 6. The summed E-state index contributed by atoms with van der Waals surface area (Å²) in [6.45, 7) is -4.72. The van der Waals surface area contributed by atoms with Gasteiger partial charge in [-0.15, -0.1) is 0 Å². The smallest absolute Gasteiger partial charge is 0.241 e. The van der Waals surface area contributed by atoms with Crippen LogP contribution in [-0.2, 0) is 13.6 Å². The van der Waals surface area contributed by atoms with Gasteiger partial charge in [-0.1, -0.05) is 0 Å². The van der Waals surface area contributed by atoms with Crippen LogP contribution in [-0.4, -0.2) is 25.6 Å². The predicted molar refractivity (Wildman–Crippen MR) is 31.6 cm³/mol. The first-order chi connectivity index (χ1) is 6.22. The molecule has 0 aromatic rings. The van der Waals surface area contributed by atoms with Crippen molar-refractivity contribution in [1.82, 2.24) is 0 Å². The minimum atomic E-state index is -4.50. The summed E-state index contributed by atoms with van der Waals surface area (Å²) in [4.78, 5) is 0. The van der Waals surface area contributed by atoms with Crippen molar-refractivity contribution in [3.05, 3.63) is 0 Å². The lowest BCUT2D eigenvalue weighted by Crippen LogP contribution is -2.24. The maximum atomic E-state index is 11.9. The van der Waals surface area contributed by atoms with E-state index in [9.17, 15) is 30.9 Å². The number of rotatable bonds is 6. The first kappa shape index (κ1) is 13.6. The summed E-state index contributed by atoms with van der Waals surface area (Å²) in [5.74, 6) is 0. The van der Waals surface area contributed by atoms with Gasteiger partial charge in [-0.3, -0.25) is 0 Å². The van der Waals surface area contributed by atoms with Crippen LogP contribution in [0.4, 0.5) is 26.3 Å². The highest BCUT2D eigenvalue weighted by Gasteiger charge is 2.50. The fraction of sp³-hybridized carbons (Fsp3) is 1.00. The van der Waals surface area contributed by atoms with Gasteiger partial charge in [-0.05, 0) is 9.05 Å². The molecule has 14 heavy (non-hydrogen) atoms. The van der Waals surface area contributed by atoms with Crippen LogP contribution in [0.3, 0.4) is 0 Å². The van der Waals surface area contributed by atoms with Crippen LogP contribution in [0.15, 0.2) is 0 Å². The van der Waals surface area contributed by atoms with E-state index in [1.54, 1.807) is 0 Å². The molecule has 0 aliphatic rings. The van der Waals surface area contributed by atoms with Gasteiger partial charge >= 0.3 is 20.5 Å². The second-order valence-electron chi connectivity index (χ2n) is 1.95. The van der Waals surface area contributed by atoms with E-state index < -0.39 is 33.8 Å². The lowest BCUT2D eigenvalue weighted by molar-refractivity contribution is -0.219. The molecule has 0 rings (SSSR count). The Morgan fingerprint density at radius 2 is 1.21 bits per heavy atom. The van der Waals surface area contributed by atoms with Crippen molar-refractivity contribution in [1.29, 1.82) is 0 Å². The van der Waals surface area contributed by atoms with Crippen LogP contribution in [0.2, 0.25) is 0 Å². The van der Waals surface area contributed by atoms with E-state index in [4.69, 9.17) is 0 Å². The standard InChI is InChI=1S/C4H4F6O3P/c5-1-3(7,8)12-14(11)13-4(9,10)2-6/h1-2H2/q+1. The van der Waals surface area contributed by atoms with Gasteiger partial charge < -0.3 is 0 Å². The molecule has 84 valence electrons. The normalized spacial score (nSPS) is 13.0. The van der Waals surface area contributed by atoms with Crippen LogP contribution in [0.25, 0.3) is 0 Å². The maximum absolute atomic E-state index is 11.9. The molecule has 10 heteroatoms. The third kappa shape index (κ3) is 5.36. The second kappa shape index (κ2) is 4.90. The molecule has 0 heterocycles. The third-order valence-electron chi connectivity index (χ3n) is 0.727. The molecule has 0 amide bonds. The highest BCUT2D eigenvalue weighted by atomic mass is 31.1. The van der Waals surface area contributed by atoms with E-state index in [0.29, 0.717) is 0 Å². The molecular weight excluding hydrogens is 241 g/mol. The Labute approximate surface area is 74.9 Å². The SMILES string of the molecule is O=[P+](OC(F)(F)CF)OC(F)(F)CF. The minimum Gasteiger partial charge on any atom is -0.241 e. The fourth-order valence-corrected chi connectivity index (χ4v) is 0.857. The van der Waals surface area contributed by atoms with E-state index >= 15 is 0 Å². The highest BCUT2D eigenvalue weighted by molar-refractivity contribution is 7.33. The molecule has 0 bridgehead atoms. The van der Waals surface area contributed by atoms with Crippen molar-refractivity contribution in [3.63, 3.8) is 0 Å². The van der Waals surface area contributed by atoms with Crippen molar-refractivity contribution in [2.24, 2.45) is 0 Å². The molecule has 3 nitrogen and oxygen atoms in total. The van der Waals surface area contributed by atoms with Gasteiger partial charge in [0.25, 0.3) is 0 Å². The maximum Gasteiger partial charge on any atom is 0.710 e. The van der Waals surface area contributed by atoms with Crippen molar-refractivity contribution in [2.75, 3.05) is 13.3 Å². The quantitative estimate of drug-likeness (QED) is 0.533. The van der Waals surface area contributed by atoms with Crippen LogP contribution >= 0.6 is 8.25 Å². The first-order valence-corrected chi connectivity index (χ1v) is 4.05.